The average Bonchev–Trinajstić information content (AvgIpc) is 3.01. The summed E-state index contributed by atoms with van der Waals surface area (Å²) in [5.41, 5.74) is 10.5. The van der Waals surface area contributed by atoms with Gasteiger partial charge in [0.2, 0.25) is 5.95 Å². The number of hydrogen-bond acceptors (Lipinski definition) is 5. The molecule has 0 aliphatic heterocycles. The van der Waals surface area contributed by atoms with Crippen molar-refractivity contribution in [3.63, 3.8) is 0 Å². The van der Waals surface area contributed by atoms with E-state index in [2.05, 4.69) is 20.9 Å². The molecule has 3 aromatic rings. The third kappa shape index (κ3) is 2.97. The molecule has 0 bridgehead atoms. The van der Waals surface area contributed by atoms with E-state index >= 15 is 4.39 Å². The molecule has 0 fully saturated rings. The lowest BCUT2D eigenvalue weighted by molar-refractivity contribution is -0.111. The summed E-state index contributed by atoms with van der Waals surface area (Å²) < 4.78 is 16.9. The number of aromatic nitrogens is 4. The summed E-state index contributed by atoms with van der Waals surface area (Å²) in [4.78, 5) is 23.6. The van der Waals surface area contributed by atoms with Gasteiger partial charge in [0, 0.05) is 18.5 Å². The van der Waals surface area contributed by atoms with Gasteiger partial charge in [-0.2, -0.15) is 4.39 Å². The van der Waals surface area contributed by atoms with E-state index in [1.54, 1.807) is 13.0 Å². The second-order valence-corrected chi connectivity index (χ2v) is 7.27. The minimum Gasteiger partial charge on any atom is -0.383 e. The Morgan fingerprint density at radius 3 is 2.79 bits per heavy atom. The van der Waals surface area contributed by atoms with Gasteiger partial charge < -0.3 is 15.1 Å². The van der Waals surface area contributed by atoms with Crippen LogP contribution >= 0.6 is 0 Å². The Balaban J connectivity index is 2.07. The maximum Gasteiger partial charge on any atom is 0.223 e. The van der Waals surface area contributed by atoms with Crippen LogP contribution in [0, 0.1) is 31.1 Å². The molecule has 0 saturated heterocycles. The third-order valence-corrected chi connectivity index (χ3v) is 5.52. The fourth-order valence-electron chi connectivity index (χ4n) is 4.08. The molecular formula is C22H20FN5O. The standard InChI is InChI=1S/C22H20FN5O/c1-4-15-9-12(2)16(20(23)27-15)19-17(14-7-5-13(10-29)6-8-14)18-21(24)25-11-26-22(18)28(19)3/h1,7,9-11,13H,5-6,8H2,2-3H3,(H2,24,25,26)/t13-/m1/s1. The number of fused-ring (bicyclic) bond motifs is 1. The van der Waals surface area contributed by atoms with Gasteiger partial charge >= 0.3 is 0 Å². The molecule has 0 unspecified atom stereocenters. The normalized spacial score (nSPS) is 16.5. The van der Waals surface area contributed by atoms with E-state index in [4.69, 9.17) is 12.2 Å². The van der Waals surface area contributed by atoms with Crippen LogP contribution in [-0.2, 0) is 11.8 Å². The van der Waals surface area contributed by atoms with Gasteiger partial charge in [0.05, 0.1) is 16.6 Å². The molecule has 2 N–H and O–H groups in total. The monoisotopic (exact) mass is 389 g/mol. The number of nitrogens with zero attached hydrogens (tertiary/aromatic N) is 4. The van der Waals surface area contributed by atoms with Crippen molar-refractivity contribution in [3.8, 4) is 23.6 Å². The van der Waals surface area contributed by atoms with Crippen molar-refractivity contribution >= 4 is 28.7 Å². The number of carbonyl (C=O) groups is 1. The van der Waals surface area contributed by atoms with Crippen molar-refractivity contribution in [2.24, 2.45) is 13.0 Å². The van der Waals surface area contributed by atoms with E-state index in [1.165, 1.54) is 6.33 Å². The fourth-order valence-corrected chi connectivity index (χ4v) is 4.08. The fraction of sp³-hybridized carbons (Fsp3) is 0.273. The van der Waals surface area contributed by atoms with Crippen LogP contribution in [0.25, 0.3) is 27.9 Å². The molecule has 3 heterocycles. The van der Waals surface area contributed by atoms with Gasteiger partial charge in [-0.25, -0.2) is 15.0 Å². The SMILES string of the molecule is C#Cc1cc(C)c(-c2c(C3=CC[C@@H](C=O)CC3)c3c(N)ncnc3n2C)c(F)n1. The summed E-state index contributed by atoms with van der Waals surface area (Å²) in [6, 6.07) is 1.69. The number of carbonyl (C=O) groups excluding carboxylic acids is 1. The number of allylic oxidation sites excluding steroid dienone is 2. The molecular weight excluding hydrogens is 369 g/mol. The molecule has 29 heavy (non-hydrogen) atoms. The first-order chi connectivity index (χ1) is 14.0. The molecule has 1 atom stereocenters. The number of aldehydes is 1. The largest absolute Gasteiger partial charge is 0.383 e. The highest BCUT2D eigenvalue weighted by atomic mass is 19.1. The smallest absolute Gasteiger partial charge is 0.223 e. The highest BCUT2D eigenvalue weighted by molar-refractivity contribution is 6.04. The van der Waals surface area contributed by atoms with Crippen molar-refractivity contribution in [1.82, 2.24) is 19.5 Å². The molecule has 0 radical (unpaired) electrons. The van der Waals surface area contributed by atoms with Gasteiger partial charge in [0.25, 0.3) is 0 Å². The number of halogens is 1. The van der Waals surface area contributed by atoms with Crippen molar-refractivity contribution in [3.05, 3.63) is 41.2 Å². The molecule has 6 nitrogen and oxygen atoms in total. The third-order valence-electron chi connectivity index (χ3n) is 5.52. The molecule has 3 aromatic heterocycles. The average molecular weight is 389 g/mol. The molecule has 1 aliphatic carbocycles. The van der Waals surface area contributed by atoms with Crippen LogP contribution in [0.4, 0.5) is 10.2 Å². The predicted molar refractivity (Wildman–Crippen MR) is 110 cm³/mol. The first-order valence-electron chi connectivity index (χ1n) is 9.33. The second kappa shape index (κ2) is 7.13. The van der Waals surface area contributed by atoms with E-state index in [1.807, 2.05) is 17.7 Å². The molecule has 146 valence electrons. The summed E-state index contributed by atoms with van der Waals surface area (Å²) in [5.74, 6) is 2.07. The van der Waals surface area contributed by atoms with Crippen LogP contribution in [-0.4, -0.2) is 25.8 Å². The minimum absolute atomic E-state index is 0.000763. The van der Waals surface area contributed by atoms with Gasteiger partial charge in [-0.1, -0.05) is 12.0 Å². The highest BCUT2D eigenvalue weighted by Gasteiger charge is 2.28. The lowest BCUT2D eigenvalue weighted by Crippen LogP contribution is -2.08. The lowest BCUT2D eigenvalue weighted by Gasteiger charge is -2.19. The number of pyridine rings is 1. The van der Waals surface area contributed by atoms with Gasteiger partial charge in [-0.05, 0) is 43.4 Å². The Labute approximate surface area is 167 Å². The Bertz CT molecular complexity index is 1200. The number of aryl methyl sites for hydroxylation is 2. The van der Waals surface area contributed by atoms with E-state index in [0.717, 1.165) is 23.8 Å². The van der Waals surface area contributed by atoms with Crippen LogP contribution in [0.3, 0.4) is 0 Å². The Morgan fingerprint density at radius 1 is 1.38 bits per heavy atom. The van der Waals surface area contributed by atoms with Crippen LogP contribution in [0.15, 0.2) is 18.5 Å². The lowest BCUT2D eigenvalue weighted by atomic mass is 9.85. The van der Waals surface area contributed by atoms with Crippen molar-refractivity contribution in [1.29, 1.82) is 0 Å². The van der Waals surface area contributed by atoms with Crippen LogP contribution in [0.2, 0.25) is 0 Å². The summed E-state index contributed by atoms with van der Waals surface area (Å²) in [6.07, 6.45) is 11.9. The van der Waals surface area contributed by atoms with Crippen LogP contribution in [0.1, 0.15) is 36.1 Å². The van der Waals surface area contributed by atoms with Crippen LogP contribution in [0.5, 0.6) is 0 Å². The summed E-state index contributed by atoms with van der Waals surface area (Å²) in [7, 11) is 1.82. The first-order valence-corrected chi connectivity index (χ1v) is 9.33. The van der Waals surface area contributed by atoms with E-state index in [-0.39, 0.29) is 11.6 Å². The van der Waals surface area contributed by atoms with Crippen molar-refractivity contribution in [2.45, 2.75) is 26.2 Å². The predicted octanol–water partition coefficient (Wildman–Crippen LogP) is 3.42. The molecule has 0 amide bonds. The van der Waals surface area contributed by atoms with Gasteiger partial charge in [0.1, 0.15) is 29.8 Å². The molecule has 0 spiro atoms. The van der Waals surface area contributed by atoms with E-state index in [0.29, 0.717) is 46.5 Å². The van der Waals surface area contributed by atoms with E-state index < -0.39 is 5.95 Å². The number of terminal acetylenes is 1. The maximum absolute atomic E-state index is 15.1. The van der Waals surface area contributed by atoms with Gasteiger partial charge in [-0.15, -0.1) is 6.42 Å². The highest BCUT2D eigenvalue weighted by Crippen LogP contribution is 2.43. The quantitative estimate of drug-likeness (QED) is 0.421. The number of nitrogen functional groups attached to an aromatic ring is 1. The van der Waals surface area contributed by atoms with Crippen molar-refractivity contribution < 1.29 is 9.18 Å². The van der Waals surface area contributed by atoms with E-state index in [9.17, 15) is 4.79 Å². The number of hydrogen-bond donors (Lipinski definition) is 1. The topological polar surface area (TPSA) is 86.7 Å². The summed E-state index contributed by atoms with van der Waals surface area (Å²) in [5, 5.41) is 0.681. The van der Waals surface area contributed by atoms with Crippen molar-refractivity contribution in [2.75, 3.05) is 5.73 Å². The second-order valence-electron chi connectivity index (χ2n) is 7.27. The zero-order valence-corrected chi connectivity index (χ0v) is 16.2. The molecule has 1 aliphatic rings. The number of anilines is 1. The molecule has 0 aromatic carbocycles. The van der Waals surface area contributed by atoms with Gasteiger partial charge in [-0.3, -0.25) is 0 Å². The molecule has 0 saturated carbocycles. The number of rotatable bonds is 3. The zero-order valence-electron chi connectivity index (χ0n) is 16.2. The summed E-state index contributed by atoms with van der Waals surface area (Å²) >= 11 is 0. The Morgan fingerprint density at radius 2 is 2.17 bits per heavy atom. The van der Waals surface area contributed by atoms with Gasteiger partial charge in [0.15, 0.2) is 0 Å². The number of nitrogens with two attached hydrogens (primary N) is 1. The first kappa shape index (κ1) is 18.8. The summed E-state index contributed by atoms with van der Waals surface area (Å²) in [6.45, 7) is 1.80. The Kier molecular flexibility index (Phi) is 4.63. The Hall–Kier alpha value is -3.53. The molecule has 7 heteroatoms. The maximum atomic E-state index is 15.1. The minimum atomic E-state index is -0.640. The zero-order chi connectivity index (χ0) is 20.7. The van der Waals surface area contributed by atoms with Crippen LogP contribution < -0.4 is 5.73 Å². The molecule has 4 rings (SSSR count).